The van der Waals surface area contributed by atoms with E-state index < -0.39 is 17.2 Å². The summed E-state index contributed by atoms with van der Waals surface area (Å²) >= 11 is 0. The van der Waals surface area contributed by atoms with Crippen molar-refractivity contribution in [3.8, 4) is 35.7 Å². The quantitative estimate of drug-likeness (QED) is 0.363. The fourth-order valence-electron chi connectivity index (χ4n) is 0.982. The topological polar surface area (TPSA) is 84.5 Å². The Hall–Kier alpha value is -2.59. The van der Waals surface area contributed by atoms with Crippen LogP contribution in [0.4, 0.5) is 0 Å². The third-order valence-corrected chi connectivity index (χ3v) is 1.68. The lowest BCUT2D eigenvalue weighted by Gasteiger charge is -2.01. The van der Waals surface area contributed by atoms with Crippen LogP contribution in [0.2, 0.25) is 0 Å². The molecular formula is C11H7NO3. The van der Waals surface area contributed by atoms with Gasteiger partial charge in [-0.05, 0) is 23.8 Å². The van der Waals surface area contributed by atoms with Crippen molar-refractivity contribution in [1.82, 2.24) is 0 Å². The molecule has 0 saturated heterocycles. The van der Waals surface area contributed by atoms with E-state index in [1.54, 1.807) is 6.07 Å². The van der Waals surface area contributed by atoms with Crippen LogP contribution in [0.5, 0.6) is 17.2 Å². The molecule has 0 aliphatic heterocycles. The van der Waals surface area contributed by atoms with Gasteiger partial charge < -0.3 is 15.3 Å². The molecule has 4 heteroatoms. The fourth-order valence-corrected chi connectivity index (χ4v) is 0.982. The lowest BCUT2D eigenvalue weighted by atomic mass is 10.1. The Kier molecular flexibility index (Phi) is 2.85. The molecule has 0 saturated carbocycles. The van der Waals surface area contributed by atoms with Gasteiger partial charge in [-0.15, -0.1) is 6.42 Å². The van der Waals surface area contributed by atoms with E-state index in [4.69, 9.17) is 27.0 Å². The van der Waals surface area contributed by atoms with Gasteiger partial charge >= 0.3 is 0 Å². The third-order valence-electron chi connectivity index (χ3n) is 1.68. The highest BCUT2D eigenvalue weighted by Gasteiger charge is 2.06. The molecule has 0 heterocycles. The smallest absolute Gasteiger partial charge is 0.200 e. The highest BCUT2D eigenvalue weighted by atomic mass is 16.3. The maximum absolute atomic E-state index is 9.17. The summed E-state index contributed by atoms with van der Waals surface area (Å²) in [4.78, 5) is 0. The molecule has 4 nitrogen and oxygen atoms in total. The molecule has 0 aromatic heterocycles. The van der Waals surface area contributed by atoms with Crippen LogP contribution < -0.4 is 0 Å². The van der Waals surface area contributed by atoms with Crippen molar-refractivity contribution < 1.29 is 15.3 Å². The van der Waals surface area contributed by atoms with Crippen LogP contribution in [0.15, 0.2) is 17.7 Å². The number of hydrogen-bond acceptors (Lipinski definition) is 4. The minimum atomic E-state index is -0.605. The number of phenolic OH excluding ortho intramolecular Hbond substituents is 3. The monoisotopic (exact) mass is 201 g/mol. The summed E-state index contributed by atoms with van der Waals surface area (Å²) in [6, 6.07) is 4.12. The number of nitrogens with zero attached hydrogens (tertiary/aromatic N) is 1. The van der Waals surface area contributed by atoms with Crippen LogP contribution >= 0.6 is 0 Å². The van der Waals surface area contributed by atoms with Gasteiger partial charge in [0.1, 0.15) is 11.6 Å². The Bertz CT molecular complexity index is 465. The van der Waals surface area contributed by atoms with Crippen LogP contribution in [-0.4, -0.2) is 15.3 Å². The Morgan fingerprint density at radius 2 is 1.80 bits per heavy atom. The van der Waals surface area contributed by atoms with E-state index >= 15 is 0 Å². The maximum atomic E-state index is 9.17. The van der Waals surface area contributed by atoms with Crippen molar-refractivity contribution >= 4 is 6.08 Å². The molecule has 0 aliphatic carbocycles. The summed E-state index contributed by atoms with van der Waals surface area (Å²) in [7, 11) is 0. The average molecular weight is 201 g/mol. The molecule has 0 amide bonds. The third kappa shape index (κ3) is 2.20. The van der Waals surface area contributed by atoms with E-state index in [0.29, 0.717) is 5.56 Å². The first kappa shape index (κ1) is 10.5. The highest BCUT2D eigenvalue weighted by Crippen LogP contribution is 2.35. The van der Waals surface area contributed by atoms with Crippen LogP contribution in [0.3, 0.4) is 0 Å². The molecule has 0 radical (unpaired) electrons. The molecule has 1 rings (SSSR count). The zero-order chi connectivity index (χ0) is 11.4. The summed E-state index contributed by atoms with van der Waals surface area (Å²) in [6.45, 7) is 0. The number of aromatic hydroxyl groups is 3. The summed E-state index contributed by atoms with van der Waals surface area (Å²) in [5.74, 6) is 0.570. The van der Waals surface area contributed by atoms with Crippen molar-refractivity contribution in [2.24, 2.45) is 0 Å². The predicted octanol–water partition coefficient (Wildman–Crippen LogP) is 1.34. The summed E-state index contributed by atoms with van der Waals surface area (Å²) in [5.41, 5.74) is 0.386. The number of nitriles is 1. The van der Waals surface area contributed by atoms with Crippen molar-refractivity contribution in [2.45, 2.75) is 0 Å². The molecule has 0 bridgehead atoms. The zero-order valence-electron chi connectivity index (χ0n) is 7.60. The van der Waals surface area contributed by atoms with Gasteiger partial charge in [-0.1, -0.05) is 5.92 Å². The molecule has 74 valence electrons. The molecule has 0 unspecified atom stereocenters. The molecule has 0 aliphatic rings. The summed E-state index contributed by atoms with van der Waals surface area (Å²) < 4.78 is 0. The van der Waals surface area contributed by atoms with Gasteiger partial charge in [0.2, 0.25) is 0 Å². The summed E-state index contributed by atoms with van der Waals surface area (Å²) in [5, 5.41) is 35.9. The van der Waals surface area contributed by atoms with Gasteiger partial charge in [0.25, 0.3) is 0 Å². The van der Waals surface area contributed by atoms with Gasteiger partial charge in [-0.3, -0.25) is 0 Å². The first-order valence-corrected chi connectivity index (χ1v) is 3.92. The molecule has 1 aromatic rings. The zero-order valence-corrected chi connectivity index (χ0v) is 7.60. The molecule has 0 atom stereocenters. The van der Waals surface area contributed by atoms with Crippen molar-refractivity contribution in [1.29, 1.82) is 5.26 Å². The van der Waals surface area contributed by atoms with Crippen molar-refractivity contribution in [3.05, 3.63) is 23.3 Å². The van der Waals surface area contributed by atoms with E-state index in [2.05, 4.69) is 5.92 Å². The maximum Gasteiger partial charge on any atom is 0.200 e. The average Bonchev–Trinajstić information content (AvgIpc) is 2.22. The number of terminal acetylenes is 1. The number of phenols is 3. The first-order valence-electron chi connectivity index (χ1n) is 3.92. The Morgan fingerprint density at radius 3 is 2.20 bits per heavy atom. The van der Waals surface area contributed by atoms with E-state index in [-0.39, 0.29) is 5.57 Å². The summed E-state index contributed by atoms with van der Waals surface area (Å²) in [6.07, 6.45) is 6.33. The van der Waals surface area contributed by atoms with Gasteiger partial charge in [-0.25, -0.2) is 0 Å². The van der Waals surface area contributed by atoms with Crippen LogP contribution in [0.25, 0.3) is 6.08 Å². The minimum absolute atomic E-state index is 0.0551. The van der Waals surface area contributed by atoms with Crippen LogP contribution in [0.1, 0.15) is 5.56 Å². The van der Waals surface area contributed by atoms with Crippen molar-refractivity contribution in [2.75, 3.05) is 0 Å². The molecule has 3 N–H and O–H groups in total. The standard InChI is InChI=1S/C11H7NO3/c1-2-7(6-12)3-8-4-9(13)11(15)10(14)5-8/h1,3-5,13-15H/b7-3-. The normalized spacial score (nSPS) is 10.4. The largest absolute Gasteiger partial charge is 0.504 e. The molecule has 0 fully saturated rings. The number of rotatable bonds is 1. The Morgan fingerprint density at radius 1 is 1.27 bits per heavy atom. The first-order chi connectivity index (χ1) is 7.08. The Labute approximate surface area is 86.3 Å². The van der Waals surface area contributed by atoms with Gasteiger partial charge in [0, 0.05) is 0 Å². The van der Waals surface area contributed by atoms with Gasteiger partial charge in [-0.2, -0.15) is 5.26 Å². The molecule has 0 spiro atoms. The number of allylic oxidation sites excluding steroid dienone is 1. The van der Waals surface area contributed by atoms with Gasteiger partial charge in [0.05, 0.1) is 0 Å². The lowest BCUT2D eigenvalue weighted by molar-refractivity contribution is 0.368. The SMILES string of the molecule is C#C/C(C#N)=C/c1cc(O)c(O)c(O)c1. The van der Waals surface area contributed by atoms with E-state index in [1.165, 1.54) is 18.2 Å². The van der Waals surface area contributed by atoms with Crippen LogP contribution in [0, 0.1) is 23.7 Å². The minimum Gasteiger partial charge on any atom is -0.504 e. The van der Waals surface area contributed by atoms with E-state index in [0.717, 1.165) is 0 Å². The van der Waals surface area contributed by atoms with E-state index in [9.17, 15) is 0 Å². The second-order valence-corrected chi connectivity index (χ2v) is 2.72. The Balaban J connectivity index is 3.26. The molecule has 1 aromatic carbocycles. The predicted molar refractivity (Wildman–Crippen MR) is 53.9 cm³/mol. The number of benzene rings is 1. The fraction of sp³-hybridized carbons (Fsp3) is 0. The van der Waals surface area contributed by atoms with Crippen molar-refractivity contribution in [3.63, 3.8) is 0 Å². The molecular weight excluding hydrogens is 194 g/mol. The second kappa shape index (κ2) is 4.08. The lowest BCUT2D eigenvalue weighted by Crippen LogP contribution is -1.78. The van der Waals surface area contributed by atoms with Gasteiger partial charge in [0.15, 0.2) is 17.2 Å². The second-order valence-electron chi connectivity index (χ2n) is 2.72. The van der Waals surface area contributed by atoms with Crippen LogP contribution in [-0.2, 0) is 0 Å². The molecule has 15 heavy (non-hydrogen) atoms. The highest BCUT2D eigenvalue weighted by molar-refractivity contribution is 5.67. The van der Waals surface area contributed by atoms with E-state index in [1.807, 2.05) is 0 Å². The number of hydrogen-bond donors (Lipinski definition) is 3.